The highest BCUT2D eigenvalue weighted by Gasteiger charge is 2.26. The van der Waals surface area contributed by atoms with Gasteiger partial charge in [-0.25, -0.2) is 12.8 Å². The van der Waals surface area contributed by atoms with Gasteiger partial charge in [0.1, 0.15) is 5.82 Å². The van der Waals surface area contributed by atoms with Gasteiger partial charge in [0.25, 0.3) is 0 Å². The molecule has 0 aromatic heterocycles. The number of amides is 1. The van der Waals surface area contributed by atoms with Crippen LogP contribution in [0.2, 0.25) is 0 Å². The lowest BCUT2D eigenvalue weighted by molar-refractivity contribution is -0.114. The minimum atomic E-state index is -3.67. The highest BCUT2D eigenvalue weighted by molar-refractivity contribution is 9.10. The maximum atomic E-state index is 13.8. The second kappa shape index (κ2) is 9.21. The average Bonchev–Trinajstić information content (AvgIpc) is 2.69. The molecule has 0 aliphatic carbocycles. The fourth-order valence-corrected chi connectivity index (χ4v) is 4.60. The zero-order valence-corrected chi connectivity index (χ0v) is 18.1. The monoisotopic (exact) mass is 485 g/mol. The highest BCUT2D eigenvalue weighted by atomic mass is 79.9. The van der Waals surface area contributed by atoms with Gasteiger partial charge in [-0.3, -0.25) is 4.79 Å². The first kappa shape index (κ1) is 21.7. The fraction of sp³-hybridized carbons (Fsp3) is 0.316. The van der Waals surface area contributed by atoms with Crippen LogP contribution in [0.25, 0.3) is 0 Å². The molecule has 0 unspecified atom stereocenters. The van der Waals surface area contributed by atoms with Crippen LogP contribution in [-0.2, 0) is 19.6 Å². The van der Waals surface area contributed by atoms with E-state index in [1.165, 1.54) is 28.6 Å². The molecule has 1 heterocycles. The molecule has 0 saturated carbocycles. The first-order chi connectivity index (χ1) is 13.8. The molecule has 1 aliphatic heterocycles. The Morgan fingerprint density at radius 2 is 1.90 bits per heavy atom. The summed E-state index contributed by atoms with van der Waals surface area (Å²) in [7, 11) is -3.67. The Morgan fingerprint density at radius 3 is 2.59 bits per heavy atom. The number of morpholine rings is 1. The van der Waals surface area contributed by atoms with E-state index < -0.39 is 21.7 Å². The number of nitrogens with zero attached hydrogens (tertiary/aromatic N) is 1. The van der Waals surface area contributed by atoms with Gasteiger partial charge in [-0.15, -0.1) is 0 Å². The number of sulfonamides is 1. The maximum Gasteiger partial charge on any atom is 0.243 e. The number of halogens is 2. The van der Waals surface area contributed by atoms with Crippen LogP contribution >= 0.6 is 15.9 Å². The van der Waals surface area contributed by atoms with Crippen LogP contribution in [0.1, 0.15) is 5.56 Å². The molecular formula is C19H21BrFN3O4S. The molecule has 2 aromatic carbocycles. The van der Waals surface area contributed by atoms with Gasteiger partial charge in [-0.1, -0.05) is 22.0 Å². The quantitative estimate of drug-likeness (QED) is 0.656. The van der Waals surface area contributed by atoms with Crippen LogP contribution in [0.15, 0.2) is 45.8 Å². The lowest BCUT2D eigenvalue weighted by atomic mass is 10.2. The standard InChI is InChI=1S/C19H21BrFN3O4S/c1-13-2-4-15(29(26,27)24-6-8-28-9-7-24)11-18(13)23-19(25)12-22-17-5-3-14(20)10-16(17)21/h2-5,10-11,22H,6-9,12H2,1H3,(H,23,25). The normalized spacial score (nSPS) is 15.1. The Bertz CT molecular complexity index is 1010. The summed E-state index contributed by atoms with van der Waals surface area (Å²) in [5.41, 5.74) is 1.31. The third kappa shape index (κ3) is 5.33. The van der Waals surface area contributed by atoms with Crippen LogP contribution in [0.5, 0.6) is 0 Å². The summed E-state index contributed by atoms with van der Waals surface area (Å²) in [6.07, 6.45) is 0. The van der Waals surface area contributed by atoms with Gasteiger partial charge in [0.15, 0.2) is 0 Å². The number of carbonyl (C=O) groups excluding carboxylic acids is 1. The second-order valence-electron chi connectivity index (χ2n) is 6.52. The lowest BCUT2D eigenvalue weighted by Gasteiger charge is -2.26. The van der Waals surface area contributed by atoms with Crippen LogP contribution < -0.4 is 10.6 Å². The van der Waals surface area contributed by atoms with Crippen molar-refractivity contribution in [2.45, 2.75) is 11.8 Å². The lowest BCUT2D eigenvalue weighted by Crippen LogP contribution is -2.40. The van der Waals surface area contributed by atoms with Gasteiger partial charge >= 0.3 is 0 Å². The number of carbonyl (C=O) groups is 1. The molecule has 29 heavy (non-hydrogen) atoms. The number of nitrogens with one attached hydrogen (secondary N) is 2. The Morgan fingerprint density at radius 1 is 1.17 bits per heavy atom. The summed E-state index contributed by atoms with van der Waals surface area (Å²) in [6.45, 7) is 2.89. The molecule has 0 bridgehead atoms. The van der Waals surface area contributed by atoms with Crippen molar-refractivity contribution >= 4 is 43.2 Å². The van der Waals surface area contributed by atoms with Gasteiger partial charge in [0, 0.05) is 23.2 Å². The number of hydrogen-bond acceptors (Lipinski definition) is 5. The molecule has 10 heteroatoms. The molecule has 1 aliphatic rings. The molecule has 0 radical (unpaired) electrons. The minimum absolute atomic E-state index is 0.104. The van der Waals surface area contributed by atoms with Gasteiger partial charge in [0.2, 0.25) is 15.9 Å². The highest BCUT2D eigenvalue weighted by Crippen LogP contribution is 2.24. The van der Waals surface area contributed by atoms with Crippen molar-refractivity contribution in [2.24, 2.45) is 0 Å². The molecule has 1 saturated heterocycles. The van der Waals surface area contributed by atoms with Crippen LogP contribution in [0.4, 0.5) is 15.8 Å². The van der Waals surface area contributed by atoms with Gasteiger partial charge in [-0.05, 0) is 42.8 Å². The Balaban J connectivity index is 1.70. The number of rotatable bonds is 6. The van der Waals surface area contributed by atoms with Crippen molar-refractivity contribution in [1.29, 1.82) is 0 Å². The zero-order valence-electron chi connectivity index (χ0n) is 15.7. The third-order valence-corrected chi connectivity index (χ3v) is 6.85. The van der Waals surface area contributed by atoms with E-state index in [1.54, 1.807) is 19.1 Å². The molecule has 3 rings (SSSR count). The third-order valence-electron chi connectivity index (χ3n) is 4.46. The molecule has 1 amide bonds. The van der Waals surface area contributed by atoms with E-state index >= 15 is 0 Å². The smallest absolute Gasteiger partial charge is 0.243 e. The van der Waals surface area contributed by atoms with E-state index in [9.17, 15) is 17.6 Å². The number of anilines is 2. The SMILES string of the molecule is Cc1ccc(S(=O)(=O)N2CCOCC2)cc1NC(=O)CNc1ccc(Br)cc1F. The Kier molecular flexibility index (Phi) is 6.89. The Labute approximate surface area is 177 Å². The van der Waals surface area contributed by atoms with Crippen molar-refractivity contribution in [3.63, 3.8) is 0 Å². The first-order valence-corrected chi connectivity index (χ1v) is 11.2. The van der Waals surface area contributed by atoms with Crippen LogP contribution in [0.3, 0.4) is 0 Å². The van der Waals surface area contributed by atoms with E-state index in [0.29, 0.717) is 42.0 Å². The Hall–Kier alpha value is -2.01. The van der Waals surface area contributed by atoms with Gasteiger partial charge < -0.3 is 15.4 Å². The van der Waals surface area contributed by atoms with Crippen LogP contribution in [0, 0.1) is 12.7 Å². The predicted molar refractivity (Wildman–Crippen MR) is 112 cm³/mol. The maximum absolute atomic E-state index is 13.8. The first-order valence-electron chi connectivity index (χ1n) is 8.95. The molecule has 7 nitrogen and oxygen atoms in total. The van der Waals surface area contributed by atoms with Crippen molar-refractivity contribution in [2.75, 3.05) is 43.5 Å². The number of hydrogen-bond donors (Lipinski definition) is 2. The van der Waals surface area contributed by atoms with Gasteiger partial charge in [0.05, 0.1) is 30.3 Å². The van der Waals surface area contributed by atoms with Crippen molar-refractivity contribution < 1.29 is 22.3 Å². The van der Waals surface area contributed by atoms with Gasteiger partial charge in [-0.2, -0.15) is 4.31 Å². The molecule has 2 N–H and O–H groups in total. The topological polar surface area (TPSA) is 87.7 Å². The van der Waals surface area contributed by atoms with E-state index in [4.69, 9.17) is 4.74 Å². The fourth-order valence-electron chi connectivity index (χ4n) is 2.84. The number of ether oxygens (including phenoxy) is 1. The summed E-state index contributed by atoms with van der Waals surface area (Å²) >= 11 is 3.17. The largest absolute Gasteiger partial charge is 0.379 e. The summed E-state index contributed by atoms with van der Waals surface area (Å²) in [6, 6.07) is 9.08. The van der Waals surface area contributed by atoms with E-state index in [1.807, 2.05) is 0 Å². The average molecular weight is 486 g/mol. The second-order valence-corrected chi connectivity index (χ2v) is 9.37. The molecule has 0 spiro atoms. The van der Waals surface area contributed by atoms with E-state index in [2.05, 4.69) is 26.6 Å². The summed E-state index contributed by atoms with van der Waals surface area (Å²) in [4.78, 5) is 12.4. The number of benzene rings is 2. The molecule has 0 atom stereocenters. The molecule has 1 fully saturated rings. The predicted octanol–water partition coefficient (Wildman–Crippen LogP) is 2.97. The number of aryl methyl sites for hydroxylation is 1. The van der Waals surface area contributed by atoms with E-state index in [0.717, 1.165) is 0 Å². The molecule has 156 valence electrons. The molecular weight excluding hydrogens is 465 g/mol. The van der Waals surface area contributed by atoms with E-state index in [-0.39, 0.29) is 17.1 Å². The summed E-state index contributed by atoms with van der Waals surface area (Å²) in [5, 5.41) is 5.41. The molecule has 2 aromatic rings. The zero-order chi connectivity index (χ0) is 21.0. The van der Waals surface area contributed by atoms with Crippen LogP contribution in [-0.4, -0.2) is 51.5 Å². The van der Waals surface area contributed by atoms with Crippen molar-refractivity contribution in [1.82, 2.24) is 4.31 Å². The van der Waals surface area contributed by atoms with Crippen molar-refractivity contribution in [3.05, 3.63) is 52.3 Å². The summed E-state index contributed by atoms with van der Waals surface area (Å²) < 4.78 is 46.6. The van der Waals surface area contributed by atoms with Crippen molar-refractivity contribution in [3.8, 4) is 0 Å². The summed E-state index contributed by atoms with van der Waals surface area (Å²) in [5.74, 6) is -0.904. The minimum Gasteiger partial charge on any atom is -0.379 e.